The highest BCUT2D eigenvalue weighted by Gasteiger charge is 2.54. The van der Waals surface area contributed by atoms with E-state index in [9.17, 15) is 9.59 Å². The van der Waals surface area contributed by atoms with Crippen LogP contribution in [0.3, 0.4) is 0 Å². The predicted molar refractivity (Wildman–Crippen MR) is 139 cm³/mol. The molecule has 37 heavy (non-hydrogen) atoms. The summed E-state index contributed by atoms with van der Waals surface area (Å²) in [4.78, 5) is 38.8. The summed E-state index contributed by atoms with van der Waals surface area (Å²) in [5.41, 5.74) is 1.66. The quantitative estimate of drug-likeness (QED) is 0.392. The first-order chi connectivity index (χ1) is 17.5. The molecule has 1 spiro atoms. The van der Waals surface area contributed by atoms with Crippen molar-refractivity contribution in [2.75, 3.05) is 13.7 Å². The van der Waals surface area contributed by atoms with Crippen LogP contribution in [0.25, 0.3) is 22.0 Å². The SMILES string of the molecule is COc1cc(-c2cc(=O)n3cc([C@@H]4CCN(C(=O)OC(C)(C)C)C5(CC5)C4)sc3n2)nn2cc(C)nc12. The molecule has 2 aliphatic rings. The lowest BCUT2D eigenvalue weighted by Crippen LogP contribution is -2.49. The van der Waals surface area contributed by atoms with Crippen LogP contribution in [0.4, 0.5) is 4.79 Å². The number of carbonyl (C=O) groups excluding carboxylic acids is 1. The van der Waals surface area contributed by atoms with Gasteiger partial charge >= 0.3 is 6.09 Å². The summed E-state index contributed by atoms with van der Waals surface area (Å²) in [6.07, 6.45) is 7.17. The van der Waals surface area contributed by atoms with Crippen molar-refractivity contribution in [3.8, 4) is 17.1 Å². The first-order valence-corrected chi connectivity index (χ1v) is 13.3. The molecule has 10 nitrogen and oxygen atoms in total. The van der Waals surface area contributed by atoms with E-state index in [1.165, 1.54) is 17.4 Å². The van der Waals surface area contributed by atoms with Crippen LogP contribution in [0, 0.1) is 6.92 Å². The average molecular weight is 523 g/mol. The number of piperidine rings is 1. The number of aromatic nitrogens is 5. The van der Waals surface area contributed by atoms with Crippen molar-refractivity contribution in [3.63, 3.8) is 0 Å². The first kappa shape index (κ1) is 23.9. The molecule has 1 aliphatic carbocycles. The molecule has 4 aromatic rings. The number of rotatable bonds is 3. The normalized spacial score (nSPS) is 19.1. The van der Waals surface area contributed by atoms with Crippen molar-refractivity contribution in [3.05, 3.63) is 45.5 Å². The topological polar surface area (TPSA) is 103 Å². The minimum atomic E-state index is -0.514. The smallest absolute Gasteiger partial charge is 0.410 e. The average Bonchev–Trinajstić information content (AvgIpc) is 3.26. The molecular formula is C26H30N6O4S. The molecule has 1 saturated heterocycles. The zero-order chi connectivity index (χ0) is 26.1. The monoisotopic (exact) mass is 522 g/mol. The van der Waals surface area contributed by atoms with Gasteiger partial charge in [-0.1, -0.05) is 0 Å². The van der Waals surface area contributed by atoms with Crippen LogP contribution in [-0.2, 0) is 4.74 Å². The molecule has 1 atom stereocenters. The number of likely N-dealkylation sites (tertiary alicyclic amines) is 1. The number of ether oxygens (including phenoxy) is 2. The second kappa shape index (κ2) is 8.27. The summed E-state index contributed by atoms with van der Waals surface area (Å²) >= 11 is 1.53. The van der Waals surface area contributed by atoms with Crippen molar-refractivity contribution >= 4 is 28.0 Å². The third-order valence-corrected chi connectivity index (χ3v) is 8.27. The Morgan fingerprint density at radius 3 is 2.65 bits per heavy atom. The van der Waals surface area contributed by atoms with Crippen molar-refractivity contribution in [2.45, 2.75) is 70.4 Å². The van der Waals surface area contributed by atoms with Gasteiger partial charge in [-0.15, -0.1) is 11.3 Å². The third kappa shape index (κ3) is 4.24. The largest absolute Gasteiger partial charge is 0.493 e. The maximum atomic E-state index is 13.1. The van der Waals surface area contributed by atoms with Gasteiger partial charge in [0.15, 0.2) is 16.4 Å². The van der Waals surface area contributed by atoms with E-state index in [1.807, 2.05) is 45.0 Å². The van der Waals surface area contributed by atoms with E-state index in [4.69, 9.17) is 14.5 Å². The third-order valence-electron chi connectivity index (χ3n) is 7.12. The van der Waals surface area contributed by atoms with Gasteiger partial charge in [-0.25, -0.2) is 19.3 Å². The number of fused-ring (bicyclic) bond motifs is 2. The van der Waals surface area contributed by atoms with Crippen LogP contribution in [-0.4, -0.2) is 59.8 Å². The minimum Gasteiger partial charge on any atom is -0.493 e. The fourth-order valence-electron chi connectivity index (χ4n) is 5.23. The zero-order valence-electron chi connectivity index (χ0n) is 21.6. The van der Waals surface area contributed by atoms with Gasteiger partial charge in [0.1, 0.15) is 11.3 Å². The van der Waals surface area contributed by atoms with Gasteiger partial charge in [0.2, 0.25) is 0 Å². The second-order valence-corrected chi connectivity index (χ2v) is 12.1. The summed E-state index contributed by atoms with van der Waals surface area (Å²) in [7, 11) is 1.58. The Balaban J connectivity index is 1.30. The fourth-order valence-corrected chi connectivity index (χ4v) is 6.36. The summed E-state index contributed by atoms with van der Waals surface area (Å²) in [6, 6.07) is 3.27. The fraction of sp³-hybridized carbons (Fsp3) is 0.500. The predicted octanol–water partition coefficient (Wildman–Crippen LogP) is 4.43. The number of carbonyl (C=O) groups is 1. The van der Waals surface area contributed by atoms with Gasteiger partial charge in [0.05, 0.1) is 24.7 Å². The molecule has 1 amide bonds. The lowest BCUT2D eigenvalue weighted by Gasteiger charge is -2.40. The van der Waals surface area contributed by atoms with Crippen molar-refractivity contribution < 1.29 is 14.3 Å². The highest BCUT2D eigenvalue weighted by Crippen LogP contribution is 2.53. The number of thiazole rings is 1. The van der Waals surface area contributed by atoms with Gasteiger partial charge < -0.3 is 14.4 Å². The lowest BCUT2D eigenvalue weighted by atomic mass is 9.88. The van der Waals surface area contributed by atoms with E-state index in [1.54, 1.807) is 22.1 Å². The maximum Gasteiger partial charge on any atom is 0.410 e. The number of amides is 1. The minimum absolute atomic E-state index is 0.135. The standard InChI is InChI=1S/C26H30N6O4S/c1-15-13-32-22(27-15)19(35-5)10-18(29-32)17-11-21(33)30-14-20(37-23(30)28-17)16-6-9-31(26(12-16)7-8-26)24(34)36-25(2,3)4/h10-11,13-14,16H,6-9,12H2,1-5H3/t16-/m1/s1. The summed E-state index contributed by atoms with van der Waals surface area (Å²) in [5.74, 6) is 0.831. The van der Waals surface area contributed by atoms with Gasteiger partial charge in [-0.05, 0) is 59.3 Å². The molecule has 0 unspecified atom stereocenters. The van der Waals surface area contributed by atoms with Gasteiger partial charge in [-0.3, -0.25) is 9.20 Å². The van der Waals surface area contributed by atoms with Crippen molar-refractivity contribution in [1.29, 1.82) is 0 Å². The lowest BCUT2D eigenvalue weighted by molar-refractivity contribution is 0.00384. The van der Waals surface area contributed by atoms with Crippen LogP contribution < -0.4 is 10.3 Å². The Labute approximate surface area is 217 Å². The molecule has 11 heteroatoms. The molecule has 1 saturated carbocycles. The van der Waals surface area contributed by atoms with Crippen LogP contribution in [0.5, 0.6) is 5.75 Å². The zero-order valence-corrected chi connectivity index (χ0v) is 22.5. The van der Waals surface area contributed by atoms with E-state index in [0.29, 0.717) is 34.3 Å². The van der Waals surface area contributed by atoms with E-state index in [0.717, 1.165) is 36.3 Å². The molecule has 0 N–H and O–H groups in total. The maximum absolute atomic E-state index is 13.1. The van der Waals surface area contributed by atoms with Crippen LogP contribution in [0.15, 0.2) is 29.3 Å². The van der Waals surface area contributed by atoms with Gasteiger partial charge in [0.25, 0.3) is 5.56 Å². The number of nitrogens with zero attached hydrogens (tertiary/aromatic N) is 6. The molecule has 194 valence electrons. The van der Waals surface area contributed by atoms with Crippen LogP contribution >= 0.6 is 11.3 Å². The molecule has 5 heterocycles. The molecule has 0 aromatic carbocycles. The molecular weight excluding hydrogens is 492 g/mol. The molecule has 6 rings (SSSR count). The van der Waals surface area contributed by atoms with Gasteiger partial charge in [0, 0.05) is 35.3 Å². The number of imidazole rings is 1. The van der Waals surface area contributed by atoms with E-state index in [2.05, 4.69) is 10.1 Å². The molecule has 0 radical (unpaired) electrons. The second-order valence-electron chi connectivity index (χ2n) is 11.1. The Bertz CT molecular complexity index is 1590. The number of methoxy groups -OCH3 is 1. The number of hydrogen-bond acceptors (Lipinski definition) is 8. The highest BCUT2D eigenvalue weighted by atomic mass is 32.1. The van der Waals surface area contributed by atoms with Crippen molar-refractivity contribution in [2.24, 2.45) is 0 Å². The summed E-state index contributed by atoms with van der Waals surface area (Å²) < 4.78 is 14.4. The Morgan fingerprint density at radius 2 is 1.95 bits per heavy atom. The van der Waals surface area contributed by atoms with E-state index >= 15 is 0 Å². The van der Waals surface area contributed by atoms with E-state index in [-0.39, 0.29) is 23.1 Å². The summed E-state index contributed by atoms with van der Waals surface area (Å²) in [5, 5.41) is 4.62. The van der Waals surface area contributed by atoms with Crippen LogP contribution in [0.1, 0.15) is 62.9 Å². The van der Waals surface area contributed by atoms with Crippen LogP contribution in [0.2, 0.25) is 0 Å². The highest BCUT2D eigenvalue weighted by molar-refractivity contribution is 7.17. The molecule has 2 fully saturated rings. The molecule has 4 aromatic heterocycles. The number of hydrogen-bond donors (Lipinski definition) is 0. The van der Waals surface area contributed by atoms with E-state index < -0.39 is 5.60 Å². The molecule has 0 bridgehead atoms. The Hall–Kier alpha value is -3.47. The first-order valence-electron chi connectivity index (χ1n) is 12.5. The Morgan fingerprint density at radius 1 is 1.16 bits per heavy atom. The van der Waals surface area contributed by atoms with Crippen molar-refractivity contribution in [1.82, 2.24) is 28.9 Å². The number of aryl methyl sites for hydroxylation is 1. The molecule has 1 aliphatic heterocycles. The Kier molecular flexibility index (Phi) is 5.34. The summed E-state index contributed by atoms with van der Waals surface area (Å²) in [6.45, 7) is 8.23. The van der Waals surface area contributed by atoms with Gasteiger partial charge in [-0.2, -0.15) is 5.10 Å².